The molecule has 140 valence electrons. The summed E-state index contributed by atoms with van der Waals surface area (Å²) in [5, 5.41) is 12.6. The Morgan fingerprint density at radius 3 is 2.89 bits per heavy atom. The SMILES string of the molecule is C=CCCCn1cnc2c(F)c(Nc3ccc(Br)cc3C)c(C(=O)O)cc21. The Balaban J connectivity index is 2.09. The zero-order chi connectivity index (χ0) is 19.6. The number of nitrogens with zero attached hydrogens (tertiary/aromatic N) is 2. The Bertz CT molecular complexity index is 1030. The van der Waals surface area contributed by atoms with Crippen molar-refractivity contribution in [3.8, 4) is 0 Å². The minimum Gasteiger partial charge on any atom is -0.478 e. The average Bonchev–Trinajstić information content (AvgIpc) is 3.02. The zero-order valence-electron chi connectivity index (χ0n) is 14.8. The topological polar surface area (TPSA) is 67.2 Å². The largest absolute Gasteiger partial charge is 0.478 e. The number of aromatic nitrogens is 2. The normalized spacial score (nSPS) is 10.9. The molecule has 0 saturated carbocycles. The maximum atomic E-state index is 15.2. The van der Waals surface area contributed by atoms with Crippen LogP contribution in [0.5, 0.6) is 0 Å². The number of hydrogen-bond donors (Lipinski definition) is 2. The van der Waals surface area contributed by atoms with Crippen molar-refractivity contribution in [2.45, 2.75) is 26.3 Å². The summed E-state index contributed by atoms with van der Waals surface area (Å²) in [6.45, 7) is 6.15. The predicted octanol–water partition coefficient (Wildman–Crippen LogP) is 5.65. The molecule has 0 radical (unpaired) electrons. The highest BCUT2D eigenvalue weighted by Gasteiger charge is 2.21. The van der Waals surface area contributed by atoms with Crippen LogP contribution in [-0.2, 0) is 6.54 Å². The molecule has 2 aromatic carbocycles. The molecule has 0 saturated heterocycles. The number of hydrogen-bond acceptors (Lipinski definition) is 3. The highest BCUT2D eigenvalue weighted by atomic mass is 79.9. The summed E-state index contributed by atoms with van der Waals surface area (Å²) in [6.07, 6.45) is 4.98. The van der Waals surface area contributed by atoms with Crippen molar-refractivity contribution in [2.75, 3.05) is 5.32 Å². The molecule has 0 amide bonds. The summed E-state index contributed by atoms with van der Waals surface area (Å²) in [7, 11) is 0. The molecular formula is C20H19BrFN3O2. The molecule has 7 heteroatoms. The van der Waals surface area contributed by atoms with Crippen LogP contribution in [0.2, 0.25) is 0 Å². The van der Waals surface area contributed by atoms with Gasteiger partial charge >= 0.3 is 5.97 Å². The summed E-state index contributed by atoms with van der Waals surface area (Å²) >= 11 is 3.38. The Labute approximate surface area is 164 Å². The van der Waals surface area contributed by atoms with E-state index in [1.807, 2.05) is 19.1 Å². The van der Waals surface area contributed by atoms with E-state index in [4.69, 9.17) is 0 Å². The van der Waals surface area contributed by atoms with Crippen LogP contribution < -0.4 is 5.32 Å². The fraction of sp³-hybridized carbons (Fsp3) is 0.200. The fourth-order valence-corrected chi connectivity index (χ4v) is 3.41. The Kier molecular flexibility index (Phi) is 5.60. The first-order valence-corrected chi connectivity index (χ1v) is 9.26. The summed E-state index contributed by atoms with van der Waals surface area (Å²) < 4.78 is 17.8. The number of carboxylic acid groups (broad SMARTS) is 1. The Hall–Kier alpha value is -2.67. The van der Waals surface area contributed by atoms with Crippen LogP contribution >= 0.6 is 15.9 Å². The van der Waals surface area contributed by atoms with Gasteiger partial charge in [-0.3, -0.25) is 0 Å². The van der Waals surface area contributed by atoms with E-state index in [-0.39, 0.29) is 16.8 Å². The number of imidazole rings is 1. The second kappa shape index (κ2) is 7.92. The number of benzene rings is 2. The van der Waals surface area contributed by atoms with Crippen molar-refractivity contribution in [1.29, 1.82) is 0 Å². The van der Waals surface area contributed by atoms with Crippen LogP contribution in [0.1, 0.15) is 28.8 Å². The highest BCUT2D eigenvalue weighted by molar-refractivity contribution is 9.10. The van der Waals surface area contributed by atoms with Gasteiger partial charge < -0.3 is 15.0 Å². The molecule has 0 aliphatic carbocycles. The number of allylic oxidation sites excluding steroid dienone is 1. The number of rotatable bonds is 7. The Morgan fingerprint density at radius 1 is 1.44 bits per heavy atom. The van der Waals surface area contributed by atoms with Gasteiger partial charge in [-0.25, -0.2) is 14.2 Å². The molecule has 0 spiro atoms. The van der Waals surface area contributed by atoms with E-state index in [0.717, 1.165) is 22.9 Å². The van der Waals surface area contributed by atoms with Crippen LogP contribution in [-0.4, -0.2) is 20.6 Å². The first-order chi connectivity index (χ1) is 12.9. The van der Waals surface area contributed by atoms with Gasteiger partial charge in [0, 0.05) is 16.7 Å². The third-order valence-electron chi connectivity index (χ3n) is 4.34. The summed E-state index contributed by atoms with van der Waals surface area (Å²) in [6, 6.07) is 6.91. The molecular weight excluding hydrogens is 413 g/mol. The second-order valence-corrected chi connectivity index (χ2v) is 7.15. The molecule has 0 unspecified atom stereocenters. The molecule has 3 rings (SSSR count). The molecule has 0 aliphatic rings. The van der Waals surface area contributed by atoms with Gasteiger partial charge in [-0.05, 0) is 49.6 Å². The summed E-state index contributed by atoms with van der Waals surface area (Å²) in [5.74, 6) is -1.87. The monoisotopic (exact) mass is 431 g/mol. The average molecular weight is 432 g/mol. The maximum Gasteiger partial charge on any atom is 0.338 e. The van der Waals surface area contributed by atoms with Crippen molar-refractivity contribution in [1.82, 2.24) is 9.55 Å². The number of carbonyl (C=O) groups is 1. The van der Waals surface area contributed by atoms with Crippen LogP contribution in [0.15, 0.2) is 47.7 Å². The first-order valence-electron chi connectivity index (χ1n) is 8.47. The lowest BCUT2D eigenvalue weighted by molar-refractivity contribution is 0.0697. The van der Waals surface area contributed by atoms with E-state index in [1.165, 1.54) is 12.4 Å². The molecule has 0 bridgehead atoms. The van der Waals surface area contributed by atoms with Gasteiger partial charge in [0.05, 0.1) is 23.1 Å². The van der Waals surface area contributed by atoms with Crippen molar-refractivity contribution in [2.24, 2.45) is 0 Å². The van der Waals surface area contributed by atoms with Gasteiger partial charge in [-0.1, -0.05) is 22.0 Å². The number of anilines is 2. The van der Waals surface area contributed by atoms with E-state index in [1.54, 1.807) is 16.7 Å². The molecule has 0 fully saturated rings. The van der Waals surface area contributed by atoms with E-state index in [0.29, 0.717) is 17.7 Å². The number of carboxylic acids is 1. The Morgan fingerprint density at radius 2 is 2.22 bits per heavy atom. The molecule has 2 N–H and O–H groups in total. The molecule has 0 atom stereocenters. The van der Waals surface area contributed by atoms with Crippen LogP contribution in [0.25, 0.3) is 11.0 Å². The van der Waals surface area contributed by atoms with Gasteiger partial charge in [0.2, 0.25) is 0 Å². The lowest BCUT2D eigenvalue weighted by Gasteiger charge is -2.14. The maximum absolute atomic E-state index is 15.2. The van der Waals surface area contributed by atoms with Gasteiger partial charge in [-0.2, -0.15) is 0 Å². The van der Waals surface area contributed by atoms with E-state index >= 15 is 4.39 Å². The van der Waals surface area contributed by atoms with Crippen molar-refractivity contribution < 1.29 is 14.3 Å². The van der Waals surface area contributed by atoms with Crippen molar-refractivity contribution in [3.63, 3.8) is 0 Å². The molecule has 3 aromatic rings. The minimum absolute atomic E-state index is 0.0863. The summed E-state index contributed by atoms with van der Waals surface area (Å²) in [4.78, 5) is 15.9. The van der Waals surface area contributed by atoms with E-state index < -0.39 is 11.8 Å². The van der Waals surface area contributed by atoms with Gasteiger partial charge in [0.15, 0.2) is 5.82 Å². The second-order valence-electron chi connectivity index (χ2n) is 6.24. The van der Waals surface area contributed by atoms with Gasteiger partial charge in [-0.15, -0.1) is 6.58 Å². The lowest BCUT2D eigenvalue weighted by Crippen LogP contribution is -2.07. The van der Waals surface area contributed by atoms with Gasteiger partial charge in [0.1, 0.15) is 5.52 Å². The molecule has 5 nitrogen and oxygen atoms in total. The van der Waals surface area contributed by atoms with E-state index in [9.17, 15) is 9.90 Å². The smallest absolute Gasteiger partial charge is 0.338 e. The molecule has 1 aromatic heterocycles. The van der Waals surface area contributed by atoms with E-state index in [2.05, 4.69) is 32.8 Å². The number of fused-ring (bicyclic) bond motifs is 1. The third-order valence-corrected chi connectivity index (χ3v) is 4.84. The summed E-state index contributed by atoms with van der Waals surface area (Å²) in [5.41, 5.74) is 1.88. The standard InChI is InChI=1S/C20H19BrFN3O2/c1-3-4-5-8-25-11-23-19-16(25)10-14(20(26)27)18(17(19)22)24-15-7-6-13(21)9-12(15)2/h3,6-7,9-11,24H,1,4-5,8H2,2H3,(H,26,27). The fourth-order valence-electron chi connectivity index (χ4n) is 2.93. The van der Waals surface area contributed by atoms with Crippen LogP contribution in [0.3, 0.4) is 0 Å². The van der Waals surface area contributed by atoms with Crippen molar-refractivity contribution in [3.05, 3.63) is 64.7 Å². The highest BCUT2D eigenvalue weighted by Crippen LogP contribution is 2.32. The predicted molar refractivity (Wildman–Crippen MR) is 108 cm³/mol. The third kappa shape index (κ3) is 3.88. The van der Waals surface area contributed by atoms with Crippen molar-refractivity contribution >= 4 is 44.3 Å². The lowest BCUT2D eigenvalue weighted by atomic mass is 10.1. The molecule has 1 heterocycles. The van der Waals surface area contributed by atoms with Crippen LogP contribution in [0.4, 0.5) is 15.8 Å². The molecule has 27 heavy (non-hydrogen) atoms. The quantitative estimate of drug-likeness (QED) is 0.374. The van der Waals surface area contributed by atoms with Gasteiger partial charge in [0.25, 0.3) is 0 Å². The van der Waals surface area contributed by atoms with Crippen LogP contribution in [0, 0.1) is 12.7 Å². The number of nitrogens with one attached hydrogen (secondary N) is 1. The minimum atomic E-state index is -1.20. The number of unbranched alkanes of at least 4 members (excludes halogenated alkanes) is 1. The zero-order valence-corrected chi connectivity index (χ0v) is 16.4. The number of aromatic carboxylic acids is 1. The molecule has 0 aliphatic heterocycles. The number of halogens is 2. The number of aryl methyl sites for hydroxylation is 2. The first kappa shape index (κ1) is 19.1.